The molecule has 3 aliphatic carbocycles. The van der Waals surface area contributed by atoms with Crippen LogP contribution in [0.4, 0.5) is 0 Å². The Morgan fingerprint density at radius 2 is 1.74 bits per heavy atom. The van der Waals surface area contributed by atoms with Gasteiger partial charge >= 0.3 is 0 Å². The van der Waals surface area contributed by atoms with Gasteiger partial charge in [-0.1, -0.05) is 40.5 Å². The molecule has 110 valence electrons. The van der Waals surface area contributed by atoms with Crippen LogP contribution in [0, 0.1) is 28.6 Å². The first-order chi connectivity index (χ1) is 8.85. The van der Waals surface area contributed by atoms with Crippen molar-refractivity contribution >= 4 is 0 Å². The lowest BCUT2D eigenvalue weighted by molar-refractivity contribution is -0.102. The van der Waals surface area contributed by atoms with Crippen molar-refractivity contribution in [3.8, 4) is 0 Å². The molecule has 0 aromatic heterocycles. The summed E-state index contributed by atoms with van der Waals surface area (Å²) in [5, 5.41) is 11.1. The van der Waals surface area contributed by atoms with E-state index < -0.39 is 0 Å². The molecule has 1 heteroatoms. The van der Waals surface area contributed by atoms with Crippen molar-refractivity contribution in [3.05, 3.63) is 0 Å². The molecule has 1 nitrogen and oxygen atoms in total. The zero-order chi connectivity index (χ0) is 13.9. The van der Waals surface area contributed by atoms with Crippen molar-refractivity contribution in [1.29, 1.82) is 0 Å². The zero-order valence-corrected chi connectivity index (χ0v) is 13.3. The van der Waals surface area contributed by atoms with Crippen LogP contribution in [0.5, 0.6) is 0 Å². The lowest BCUT2D eigenvalue weighted by Gasteiger charge is -2.50. The highest BCUT2D eigenvalue weighted by molar-refractivity contribution is 5.13. The first kappa shape index (κ1) is 13.9. The van der Waals surface area contributed by atoms with E-state index in [2.05, 4.69) is 27.7 Å². The summed E-state index contributed by atoms with van der Waals surface area (Å²) in [6, 6.07) is 0. The average molecular weight is 264 g/mol. The van der Waals surface area contributed by atoms with Gasteiger partial charge in [-0.25, -0.2) is 0 Å². The molecule has 0 aromatic rings. The third-order valence-corrected chi connectivity index (χ3v) is 8.02. The minimum atomic E-state index is -0.355. The topological polar surface area (TPSA) is 20.2 Å². The Morgan fingerprint density at radius 3 is 2.26 bits per heavy atom. The minimum absolute atomic E-state index is 0.355. The van der Waals surface area contributed by atoms with Crippen LogP contribution in [0.1, 0.15) is 79.1 Å². The fraction of sp³-hybridized carbons (Fsp3) is 1.00. The molecule has 3 fully saturated rings. The van der Waals surface area contributed by atoms with Crippen LogP contribution in [-0.2, 0) is 0 Å². The second-order valence-corrected chi connectivity index (χ2v) is 8.53. The Kier molecular flexibility index (Phi) is 3.10. The molecule has 19 heavy (non-hydrogen) atoms. The molecule has 0 heterocycles. The fourth-order valence-electron chi connectivity index (χ4n) is 6.14. The quantitative estimate of drug-likeness (QED) is 0.761. The highest BCUT2D eigenvalue weighted by Gasteiger charge is 2.64. The lowest BCUT2D eigenvalue weighted by atomic mass is 9.57. The van der Waals surface area contributed by atoms with Gasteiger partial charge in [0, 0.05) is 0 Å². The molecule has 0 saturated heterocycles. The number of fused-ring (bicyclic) bond motifs is 2. The van der Waals surface area contributed by atoms with Crippen LogP contribution in [0.3, 0.4) is 0 Å². The van der Waals surface area contributed by atoms with E-state index in [-0.39, 0.29) is 5.60 Å². The van der Waals surface area contributed by atoms with E-state index in [0.29, 0.717) is 16.7 Å². The fourth-order valence-corrected chi connectivity index (χ4v) is 6.14. The second kappa shape index (κ2) is 4.23. The Morgan fingerprint density at radius 1 is 1.00 bits per heavy atom. The highest BCUT2D eigenvalue weighted by Crippen LogP contribution is 2.71. The van der Waals surface area contributed by atoms with Gasteiger partial charge in [-0.2, -0.15) is 0 Å². The van der Waals surface area contributed by atoms with Crippen LogP contribution in [-0.4, -0.2) is 10.7 Å². The van der Waals surface area contributed by atoms with Crippen molar-refractivity contribution in [3.63, 3.8) is 0 Å². The van der Waals surface area contributed by atoms with Crippen LogP contribution >= 0.6 is 0 Å². The van der Waals surface area contributed by atoms with Gasteiger partial charge < -0.3 is 5.11 Å². The predicted octanol–water partition coefficient (Wildman–Crippen LogP) is 4.78. The van der Waals surface area contributed by atoms with Gasteiger partial charge in [0.1, 0.15) is 0 Å². The SMILES string of the molecule is CCC1(O)CCCCC1[C@@H]1C[C@H]2CC[C@]1(C)C2(C)C. The van der Waals surface area contributed by atoms with Gasteiger partial charge in [0.25, 0.3) is 0 Å². The molecule has 5 atom stereocenters. The summed E-state index contributed by atoms with van der Waals surface area (Å²) in [5.74, 6) is 2.25. The zero-order valence-electron chi connectivity index (χ0n) is 13.3. The Labute approximate surface area is 119 Å². The molecular formula is C18H32O. The Bertz CT molecular complexity index is 361. The summed E-state index contributed by atoms with van der Waals surface area (Å²) in [6.45, 7) is 9.73. The summed E-state index contributed by atoms with van der Waals surface area (Å²) < 4.78 is 0. The molecule has 1 N–H and O–H groups in total. The third kappa shape index (κ3) is 1.69. The molecule has 2 bridgehead atoms. The van der Waals surface area contributed by atoms with Crippen molar-refractivity contribution in [2.45, 2.75) is 84.7 Å². The van der Waals surface area contributed by atoms with E-state index >= 15 is 0 Å². The summed E-state index contributed by atoms with van der Waals surface area (Å²) >= 11 is 0. The van der Waals surface area contributed by atoms with Gasteiger partial charge in [-0.3, -0.25) is 0 Å². The third-order valence-electron chi connectivity index (χ3n) is 8.02. The van der Waals surface area contributed by atoms with Gasteiger partial charge in [0.05, 0.1) is 5.60 Å². The maximum atomic E-state index is 11.1. The molecule has 0 amide bonds. The summed E-state index contributed by atoms with van der Waals surface area (Å²) in [7, 11) is 0. The number of hydrogen-bond acceptors (Lipinski definition) is 1. The minimum Gasteiger partial charge on any atom is -0.390 e. The van der Waals surface area contributed by atoms with Crippen molar-refractivity contribution in [1.82, 2.24) is 0 Å². The van der Waals surface area contributed by atoms with Crippen LogP contribution in [0.25, 0.3) is 0 Å². The predicted molar refractivity (Wildman–Crippen MR) is 79.9 cm³/mol. The number of aliphatic hydroxyl groups is 1. The number of hydrogen-bond donors (Lipinski definition) is 1. The molecular weight excluding hydrogens is 232 g/mol. The van der Waals surface area contributed by atoms with E-state index in [4.69, 9.17) is 0 Å². The summed E-state index contributed by atoms with van der Waals surface area (Å²) in [6.07, 6.45) is 10.1. The second-order valence-electron chi connectivity index (χ2n) is 8.53. The average Bonchev–Trinajstić information content (AvgIpc) is 2.72. The van der Waals surface area contributed by atoms with Crippen LogP contribution in [0.2, 0.25) is 0 Å². The van der Waals surface area contributed by atoms with Gasteiger partial charge in [-0.05, 0) is 67.1 Å². The van der Waals surface area contributed by atoms with E-state index in [1.54, 1.807) is 0 Å². The molecule has 0 aliphatic heterocycles. The van der Waals surface area contributed by atoms with Crippen molar-refractivity contribution in [2.75, 3.05) is 0 Å². The summed E-state index contributed by atoms with van der Waals surface area (Å²) in [5.41, 5.74) is 0.610. The Balaban J connectivity index is 1.91. The molecule has 3 rings (SSSR count). The van der Waals surface area contributed by atoms with E-state index in [0.717, 1.165) is 24.7 Å². The molecule has 3 aliphatic rings. The van der Waals surface area contributed by atoms with Crippen molar-refractivity contribution in [2.24, 2.45) is 28.6 Å². The van der Waals surface area contributed by atoms with Gasteiger partial charge in [0.2, 0.25) is 0 Å². The highest BCUT2D eigenvalue weighted by atomic mass is 16.3. The van der Waals surface area contributed by atoms with Crippen LogP contribution in [0.15, 0.2) is 0 Å². The monoisotopic (exact) mass is 264 g/mol. The van der Waals surface area contributed by atoms with E-state index in [9.17, 15) is 5.11 Å². The van der Waals surface area contributed by atoms with Gasteiger partial charge in [0.15, 0.2) is 0 Å². The maximum absolute atomic E-state index is 11.1. The summed E-state index contributed by atoms with van der Waals surface area (Å²) in [4.78, 5) is 0. The smallest absolute Gasteiger partial charge is 0.0676 e. The first-order valence-electron chi connectivity index (χ1n) is 8.57. The number of rotatable bonds is 2. The molecule has 2 unspecified atom stereocenters. The van der Waals surface area contributed by atoms with Crippen molar-refractivity contribution < 1.29 is 5.11 Å². The molecule has 0 radical (unpaired) electrons. The van der Waals surface area contributed by atoms with Crippen LogP contribution < -0.4 is 0 Å². The lowest BCUT2D eigenvalue weighted by Crippen LogP contribution is -2.48. The normalized spacial score (nSPS) is 52.6. The largest absolute Gasteiger partial charge is 0.390 e. The molecule has 3 saturated carbocycles. The molecule has 0 aromatic carbocycles. The van der Waals surface area contributed by atoms with E-state index in [1.807, 2.05) is 0 Å². The molecule has 0 spiro atoms. The van der Waals surface area contributed by atoms with E-state index in [1.165, 1.54) is 38.5 Å². The standard InChI is InChI=1S/C18H32O/c1-5-18(19)10-7-6-8-14(18)15-12-13-9-11-17(15,4)16(13,2)3/h13-15,19H,5-12H2,1-4H3/t13-,14?,15+,17+,18?/m1/s1. The maximum Gasteiger partial charge on any atom is 0.0676 e. The van der Waals surface area contributed by atoms with Gasteiger partial charge in [-0.15, -0.1) is 0 Å². The Hall–Kier alpha value is -0.0400. The first-order valence-corrected chi connectivity index (χ1v) is 8.57.